The van der Waals surface area contributed by atoms with Gasteiger partial charge < -0.3 is 0 Å². The third kappa shape index (κ3) is 3.38. The summed E-state index contributed by atoms with van der Waals surface area (Å²) in [6.45, 7) is 6.54. The molecule has 0 heterocycles. The summed E-state index contributed by atoms with van der Waals surface area (Å²) < 4.78 is 0. The van der Waals surface area contributed by atoms with Crippen molar-refractivity contribution >= 4 is 0 Å². The molecule has 14 heavy (non-hydrogen) atoms. The third-order valence-corrected chi connectivity index (χ3v) is 2.63. The van der Waals surface area contributed by atoms with Crippen LogP contribution in [0.2, 0.25) is 0 Å². The van der Waals surface area contributed by atoms with E-state index in [1.54, 1.807) is 0 Å². The lowest BCUT2D eigenvalue weighted by atomic mass is 9.81. The number of hydrogen-bond donors (Lipinski definition) is 0. The Kier molecular flexibility index (Phi) is 3.52. The largest absolute Gasteiger partial charge is 0.198 e. The van der Waals surface area contributed by atoms with E-state index in [1.807, 2.05) is 0 Å². The molecule has 0 N–H and O–H groups in total. The lowest BCUT2D eigenvalue weighted by Crippen LogP contribution is -2.11. The quantitative estimate of drug-likeness (QED) is 0.661. The molecule has 0 spiro atoms. The first-order valence-corrected chi connectivity index (χ1v) is 5.28. The Morgan fingerprint density at radius 1 is 1.57 bits per heavy atom. The molecule has 0 fully saturated rings. The Morgan fingerprint density at radius 2 is 2.29 bits per heavy atom. The van der Waals surface area contributed by atoms with E-state index in [4.69, 9.17) is 5.26 Å². The van der Waals surface area contributed by atoms with Crippen LogP contribution in [0.4, 0.5) is 0 Å². The fourth-order valence-electron chi connectivity index (χ4n) is 1.73. The zero-order valence-corrected chi connectivity index (χ0v) is 9.38. The topological polar surface area (TPSA) is 23.8 Å². The third-order valence-electron chi connectivity index (χ3n) is 2.63. The van der Waals surface area contributed by atoms with E-state index >= 15 is 0 Å². The van der Waals surface area contributed by atoms with Gasteiger partial charge in [-0.2, -0.15) is 5.26 Å². The normalized spacial score (nSPS) is 21.6. The average Bonchev–Trinajstić information content (AvgIpc) is 2.08. The summed E-state index contributed by atoms with van der Waals surface area (Å²) in [4.78, 5) is 0. The van der Waals surface area contributed by atoms with Crippen LogP contribution in [0.15, 0.2) is 23.8 Å². The van der Waals surface area contributed by atoms with Gasteiger partial charge in [-0.3, -0.25) is 0 Å². The van der Waals surface area contributed by atoms with Gasteiger partial charge in [0.2, 0.25) is 0 Å². The molecular formula is C13H19N. The molecule has 0 bridgehead atoms. The highest BCUT2D eigenvalue weighted by Crippen LogP contribution is 2.31. The van der Waals surface area contributed by atoms with Gasteiger partial charge in [0.25, 0.3) is 0 Å². The molecule has 0 aliphatic heterocycles. The first-order chi connectivity index (χ1) is 6.53. The highest BCUT2D eigenvalue weighted by atomic mass is 14.3. The fraction of sp³-hybridized carbons (Fsp3) is 0.615. The van der Waals surface area contributed by atoms with E-state index in [0.717, 1.165) is 12.8 Å². The zero-order valence-electron chi connectivity index (χ0n) is 9.38. The van der Waals surface area contributed by atoms with Gasteiger partial charge in [-0.1, -0.05) is 44.6 Å². The Hall–Kier alpha value is -1.03. The van der Waals surface area contributed by atoms with Crippen molar-refractivity contribution in [3.8, 4) is 6.07 Å². The van der Waals surface area contributed by atoms with E-state index in [9.17, 15) is 0 Å². The summed E-state index contributed by atoms with van der Waals surface area (Å²) in [5, 5.41) is 8.69. The minimum Gasteiger partial charge on any atom is -0.198 e. The van der Waals surface area contributed by atoms with Crippen LogP contribution in [0, 0.1) is 22.7 Å². The van der Waals surface area contributed by atoms with Crippen molar-refractivity contribution < 1.29 is 0 Å². The molecule has 0 aromatic heterocycles. The summed E-state index contributed by atoms with van der Waals surface area (Å²) in [6.07, 6.45) is 9.58. The molecule has 76 valence electrons. The summed E-state index contributed by atoms with van der Waals surface area (Å²) in [5.41, 5.74) is 1.51. The lowest BCUT2D eigenvalue weighted by molar-refractivity contribution is 0.374. The van der Waals surface area contributed by atoms with Crippen molar-refractivity contribution in [3.05, 3.63) is 23.8 Å². The molecule has 0 amide bonds. The van der Waals surface area contributed by atoms with Crippen LogP contribution in [-0.4, -0.2) is 0 Å². The van der Waals surface area contributed by atoms with Crippen molar-refractivity contribution in [3.63, 3.8) is 0 Å². The summed E-state index contributed by atoms with van der Waals surface area (Å²) in [5.74, 6) is 0.679. The molecule has 1 heteroatoms. The van der Waals surface area contributed by atoms with Gasteiger partial charge in [0.1, 0.15) is 0 Å². The second kappa shape index (κ2) is 4.46. The molecule has 0 aromatic carbocycles. The smallest absolute Gasteiger partial charge is 0.0627 e. The van der Waals surface area contributed by atoms with Crippen LogP contribution in [-0.2, 0) is 0 Å². The molecule has 1 nitrogen and oxygen atoms in total. The van der Waals surface area contributed by atoms with Gasteiger partial charge >= 0.3 is 0 Å². The van der Waals surface area contributed by atoms with Crippen LogP contribution in [0.1, 0.15) is 40.0 Å². The van der Waals surface area contributed by atoms with Gasteiger partial charge in [-0.15, -0.1) is 0 Å². The fourth-order valence-corrected chi connectivity index (χ4v) is 1.73. The second-order valence-electron chi connectivity index (χ2n) is 5.03. The molecule has 1 aliphatic carbocycles. The van der Waals surface area contributed by atoms with Gasteiger partial charge in [-0.05, 0) is 24.2 Å². The van der Waals surface area contributed by atoms with Crippen LogP contribution >= 0.6 is 0 Å². The number of rotatable bonds is 3. The highest BCUT2D eigenvalue weighted by Gasteiger charge is 2.19. The summed E-state index contributed by atoms with van der Waals surface area (Å²) >= 11 is 0. The SMILES string of the molecule is CC1C=CC(CC(C)(C)CC#N)=CC1. The predicted molar refractivity (Wildman–Crippen MR) is 59.6 cm³/mol. The van der Waals surface area contributed by atoms with Gasteiger partial charge in [0, 0.05) is 6.42 Å². The van der Waals surface area contributed by atoms with Crippen LogP contribution < -0.4 is 0 Å². The zero-order chi connectivity index (χ0) is 10.6. The van der Waals surface area contributed by atoms with Gasteiger partial charge in [0.15, 0.2) is 0 Å². The molecular weight excluding hydrogens is 170 g/mol. The first kappa shape index (κ1) is 11.0. The predicted octanol–water partition coefficient (Wildman–Crippen LogP) is 3.84. The average molecular weight is 189 g/mol. The highest BCUT2D eigenvalue weighted by molar-refractivity contribution is 5.24. The maximum absolute atomic E-state index is 8.69. The number of allylic oxidation sites excluding steroid dienone is 4. The molecule has 1 rings (SSSR count). The number of nitriles is 1. The first-order valence-electron chi connectivity index (χ1n) is 5.28. The van der Waals surface area contributed by atoms with Crippen molar-refractivity contribution in [2.24, 2.45) is 11.3 Å². The van der Waals surface area contributed by atoms with Gasteiger partial charge in [-0.25, -0.2) is 0 Å². The number of hydrogen-bond acceptors (Lipinski definition) is 1. The van der Waals surface area contributed by atoms with Gasteiger partial charge in [0.05, 0.1) is 6.07 Å². The van der Waals surface area contributed by atoms with Crippen molar-refractivity contribution in [2.75, 3.05) is 0 Å². The molecule has 1 unspecified atom stereocenters. The molecule has 1 atom stereocenters. The molecule has 0 aromatic rings. The van der Waals surface area contributed by atoms with Crippen molar-refractivity contribution in [2.45, 2.75) is 40.0 Å². The Balaban J connectivity index is 2.54. The van der Waals surface area contributed by atoms with Crippen LogP contribution in [0.25, 0.3) is 0 Å². The second-order valence-corrected chi connectivity index (χ2v) is 5.03. The maximum atomic E-state index is 8.69. The van der Waals surface area contributed by atoms with E-state index < -0.39 is 0 Å². The molecule has 0 saturated heterocycles. The lowest BCUT2D eigenvalue weighted by Gasteiger charge is -2.23. The Bertz CT molecular complexity index is 289. The monoisotopic (exact) mass is 189 g/mol. The van der Waals surface area contributed by atoms with Crippen LogP contribution in [0.5, 0.6) is 0 Å². The molecule has 1 aliphatic rings. The van der Waals surface area contributed by atoms with E-state index in [-0.39, 0.29) is 5.41 Å². The summed E-state index contributed by atoms with van der Waals surface area (Å²) in [6, 6.07) is 2.26. The summed E-state index contributed by atoms with van der Waals surface area (Å²) in [7, 11) is 0. The Morgan fingerprint density at radius 3 is 2.79 bits per heavy atom. The standard InChI is InChI=1S/C13H19N/c1-11-4-6-12(7-5-11)10-13(2,3)8-9-14/h4,6-7,11H,5,8,10H2,1-3H3. The Labute approximate surface area is 87.1 Å². The van der Waals surface area contributed by atoms with E-state index in [0.29, 0.717) is 12.3 Å². The minimum atomic E-state index is 0.117. The minimum absolute atomic E-state index is 0.117. The van der Waals surface area contributed by atoms with Crippen LogP contribution in [0.3, 0.4) is 0 Å². The van der Waals surface area contributed by atoms with E-state index in [2.05, 4.69) is 45.1 Å². The maximum Gasteiger partial charge on any atom is 0.0627 e. The molecule has 0 radical (unpaired) electrons. The molecule has 0 saturated carbocycles. The number of nitrogens with zero attached hydrogens (tertiary/aromatic N) is 1. The van der Waals surface area contributed by atoms with E-state index in [1.165, 1.54) is 5.57 Å². The van der Waals surface area contributed by atoms with Crippen molar-refractivity contribution in [1.82, 2.24) is 0 Å². The van der Waals surface area contributed by atoms with Crippen molar-refractivity contribution in [1.29, 1.82) is 5.26 Å².